The van der Waals surface area contributed by atoms with E-state index in [1.54, 1.807) is 18.1 Å². The van der Waals surface area contributed by atoms with Crippen LogP contribution in [0.4, 0.5) is 17.2 Å². The highest BCUT2D eigenvalue weighted by atomic mass is 127. The van der Waals surface area contributed by atoms with Crippen LogP contribution in [0.3, 0.4) is 0 Å². The third kappa shape index (κ3) is 2.54. The zero-order valence-electron chi connectivity index (χ0n) is 12.1. The minimum Gasteiger partial charge on any atom is -0.312 e. The van der Waals surface area contributed by atoms with E-state index >= 15 is 0 Å². The number of nitrogens with zero attached hydrogens (tertiary/aromatic N) is 4. The van der Waals surface area contributed by atoms with Crippen molar-refractivity contribution in [2.45, 2.75) is 19.4 Å². The third-order valence-electron chi connectivity index (χ3n) is 3.71. The van der Waals surface area contributed by atoms with Gasteiger partial charge in [-0.05, 0) is 58.8 Å². The molecule has 1 unspecified atom stereocenters. The minimum absolute atomic E-state index is 0.0276. The van der Waals surface area contributed by atoms with Gasteiger partial charge in [0.2, 0.25) is 11.2 Å². The number of likely N-dealkylation sites (N-methyl/N-ethyl adjacent to an activating group) is 1. The fraction of sp³-hybridized carbons (Fsp3) is 0.267. The maximum absolute atomic E-state index is 12.7. The molecule has 2 heterocycles. The summed E-state index contributed by atoms with van der Waals surface area (Å²) in [7, 11) is 1.74. The molecule has 5 nitrogen and oxygen atoms in total. The summed E-state index contributed by atoms with van der Waals surface area (Å²) in [6.07, 6.45) is 2.27. The number of fused-ring (bicyclic) bond motifs is 1. The van der Waals surface area contributed by atoms with E-state index in [9.17, 15) is 4.79 Å². The second-order valence-electron chi connectivity index (χ2n) is 5.02. The number of halogens is 2. The van der Waals surface area contributed by atoms with Crippen LogP contribution in [0.25, 0.3) is 0 Å². The van der Waals surface area contributed by atoms with Crippen molar-refractivity contribution in [1.82, 2.24) is 9.97 Å². The van der Waals surface area contributed by atoms with Crippen LogP contribution in [0, 0.1) is 3.57 Å². The first kappa shape index (κ1) is 15.5. The first-order valence-electron chi connectivity index (χ1n) is 6.88. The lowest BCUT2D eigenvalue weighted by atomic mass is 10.1. The minimum atomic E-state index is -0.304. The van der Waals surface area contributed by atoms with Crippen molar-refractivity contribution in [3.8, 4) is 0 Å². The van der Waals surface area contributed by atoms with E-state index in [-0.39, 0.29) is 17.2 Å². The predicted octanol–water partition coefficient (Wildman–Crippen LogP) is 3.63. The molecule has 0 bridgehead atoms. The van der Waals surface area contributed by atoms with Gasteiger partial charge in [-0.2, -0.15) is 4.98 Å². The van der Waals surface area contributed by atoms with Gasteiger partial charge >= 0.3 is 0 Å². The summed E-state index contributed by atoms with van der Waals surface area (Å²) in [5.74, 6) is 0.690. The van der Waals surface area contributed by atoms with E-state index in [0.29, 0.717) is 17.9 Å². The van der Waals surface area contributed by atoms with Gasteiger partial charge in [0.25, 0.3) is 0 Å². The molecular weight excluding hydrogens is 415 g/mol. The molecule has 22 heavy (non-hydrogen) atoms. The topological polar surface area (TPSA) is 49.3 Å². The first-order chi connectivity index (χ1) is 10.5. The first-order valence-corrected chi connectivity index (χ1v) is 8.33. The molecule has 1 aromatic heterocycles. The van der Waals surface area contributed by atoms with E-state index in [1.807, 2.05) is 36.1 Å². The van der Waals surface area contributed by atoms with Gasteiger partial charge in [0.1, 0.15) is 11.7 Å². The summed E-state index contributed by atoms with van der Waals surface area (Å²) >= 11 is 8.24. The number of benzene rings is 1. The van der Waals surface area contributed by atoms with E-state index in [0.717, 1.165) is 9.26 Å². The third-order valence-corrected chi connectivity index (χ3v) is 4.56. The smallest absolute Gasteiger partial charge is 0.250 e. The van der Waals surface area contributed by atoms with Crippen LogP contribution in [0.2, 0.25) is 5.28 Å². The van der Waals surface area contributed by atoms with Crippen molar-refractivity contribution in [3.05, 3.63) is 39.3 Å². The van der Waals surface area contributed by atoms with Crippen molar-refractivity contribution >= 4 is 57.3 Å². The second kappa shape index (κ2) is 6.00. The van der Waals surface area contributed by atoms with Crippen molar-refractivity contribution in [3.63, 3.8) is 0 Å². The van der Waals surface area contributed by atoms with Crippen molar-refractivity contribution < 1.29 is 4.79 Å². The molecular formula is C15H14ClIN4O. The Labute approximate surface area is 147 Å². The fourth-order valence-corrected chi connectivity index (χ4v) is 3.30. The van der Waals surface area contributed by atoms with E-state index in [1.165, 1.54) is 0 Å². The van der Waals surface area contributed by atoms with Crippen molar-refractivity contribution in [2.24, 2.45) is 0 Å². The molecule has 0 saturated carbocycles. The van der Waals surface area contributed by atoms with Crippen LogP contribution in [-0.2, 0) is 4.79 Å². The average Bonchev–Trinajstić information content (AvgIpc) is 2.50. The predicted molar refractivity (Wildman–Crippen MR) is 95.8 cm³/mol. The van der Waals surface area contributed by atoms with Gasteiger partial charge in [-0.25, -0.2) is 4.98 Å². The van der Waals surface area contributed by atoms with Crippen LogP contribution in [-0.4, -0.2) is 29.0 Å². The molecule has 1 aliphatic heterocycles. The SMILES string of the molecule is CCC1C(=O)N(C)c2cnc(Cl)nc2N1c1cccc(I)c1. The Bertz CT molecular complexity index is 739. The lowest BCUT2D eigenvalue weighted by Gasteiger charge is -2.40. The van der Waals surface area contributed by atoms with E-state index < -0.39 is 0 Å². The number of hydrogen-bond donors (Lipinski definition) is 0. The van der Waals surface area contributed by atoms with Gasteiger partial charge in [0, 0.05) is 16.3 Å². The monoisotopic (exact) mass is 428 g/mol. The Hall–Kier alpha value is -1.41. The Balaban J connectivity index is 2.23. The Kier molecular flexibility index (Phi) is 4.22. The summed E-state index contributed by atoms with van der Waals surface area (Å²) in [4.78, 5) is 24.6. The number of rotatable bonds is 2. The molecule has 1 amide bonds. The zero-order valence-corrected chi connectivity index (χ0v) is 15.0. The van der Waals surface area contributed by atoms with Gasteiger partial charge in [-0.15, -0.1) is 0 Å². The Morgan fingerprint density at radius 2 is 2.18 bits per heavy atom. The molecule has 114 valence electrons. The summed E-state index contributed by atoms with van der Waals surface area (Å²) in [6, 6.07) is 7.68. The molecule has 7 heteroatoms. The molecule has 0 spiro atoms. The van der Waals surface area contributed by atoms with E-state index in [2.05, 4.69) is 32.6 Å². The maximum Gasteiger partial charge on any atom is 0.250 e. The molecule has 2 aromatic rings. The molecule has 1 aliphatic rings. The molecule has 0 fully saturated rings. The molecule has 0 radical (unpaired) electrons. The lowest BCUT2D eigenvalue weighted by Crippen LogP contribution is -2.50. The van der Waals surface area contributed by atoms with Crippen molar-refractivity contribution in [2.75, 3.05) is 16.8 Å². The molecule has 1 atom stereocenters. The van der Waals surface area contributed by atoms with Crippen LogP contribution in [0.1, 0.15) is 13.3 Å². The highest BCUT2D eigenvalue weighted by molar-refractivity contribution is 14.1. The van der Waals surface area contributed by atoms with Gasteiger partial charge in [0.15, 0.2) is 5.82 Å². The van der Waals surface area contributed by atoms with Gasteiger partial charge in [-0.3, -0.25) is 4.79 Å². The fourth-order valence-electron chi connectivity index (χ4n) is 2.65. The van der Waals surface area contributed by atoms with E-state index in [4.69, 9.17) is 11.6 Å². The van der Waals surface area contributed by atoms with Crippen LogP contribution in [0.15, 0.2) is 30.5 Å². The molecule has 0 aliphatic carbocycles. The summed E-state index contributed by atoms with van der Waals surface area (Å²) in [5, 5.41) is 0.173. The highest BCUT2D eigenvalue weighted by Crippen LogP contribution is 2.39. The summed E-state index contributed by atoms with van der Waals surface area (Å²) in [5.41, 5.74) is 1.59. The van der Waals surface area contributed by atoms with Gasteiger partial charge in [0.05, 0.1) is 6.20 Å². The number of aromatic nitrogens is 2. The van der Waals surface area contributed by atoms with Crippen LogP contribution >= 0.6 is 34.2 Å². The summed E-state index contributed by atoms with van der Waals surface area (Å²) < 4.78 is 1.10. The standard InChI is InChI=1S/C15H14ClIN4O/c1-3-11-14(22)20(2)12-8-18-15(16)19-13(12)21(11)10-6-4-5-9(17)7-10/h4-8,11H,3H2,1-2H3. The summed E-state index contributed by atoms with van der Waals surface area (Å²) in [6.45, 7) is 1.99. The van der Waals surface area contributed by atoms with Gasteiger partial charge < -0.3 is 9.80 Å². The average molecular weight is 429 g/mol. The molecule has 0 saturated heterocycles. The largest absolute Gasteiger partial charge is 0.312 e. The quantitative estimate of drug-likeness (QED) is 0.541. The Morgan fingerprint density at radius 1 is 1.41 bits per heavy atom. The lowest BCUT2D eigenvalue weighted by molar-refractivity contribution is -0.119. The molecule has 1 aromatic carbocycles. The number of carbonyl (C=O) groups excluding carboxylic acids is 1. The van der Waals surface area contributed by atoms with Crippen LogP contribution < -0.4 is 9.80 Å². The maximum atomic E-state index is 12.7. The normalized spacial score (nSPS) is 17.6. The number of carbonyl (C=O) groups is 1. The van der Waals surface area contributed by atoms with Crippen LogP contribution in [0.5, 0.6) is 0 Å². The number of hydrogen-bond acceptors (Lipinski definition) is 4. The molecule has 0 N–H and O–H groups in total. The van der Waals surface area contributed by atoms with Crippen molar-refractivity contribution in [1.29, 1.82) is 0 Å². The second-order valence-corrected chi connectivity index (χ2v) is 6.60. The number of amides is 1. The zero-order chi connectivity index (χ0) is 15.9. The number of anilines is 3. The van der Waals surface area contributed by atoms with Gasteiger partial charge in [-0.1, -0.05) is 13.0 Å². The Morgan fingerprint density at radius 3 is 2.86 bits per heavy atom. The highest BCUT2D eigenvalue weighted by Gasteiger charge is 2.37. The molecule has 3 rings (SSSR count).